The molecule has 0 fully saturated rings. The Balaban J connectivity index is 0. The van der Waals surface area contributed by atoms with E-state index in [0.29, 0.717) is 0 Å². The molecule has 0 saturated heterocycles. The highest BCUT2D eigenvalue weighted by atomic mass is 16.6. The minimum Gasteiger partial charge on any atom is -0.481 e. The summed E-state index contributed by atoms with van der Waals surface area (Å²) in [6.45, 7) is 6.72. The number of esters is 3. The zero-order chi connectivity index (χ0) is 17.0. The highest BCUT2D eigenvalue weighted by Crippen LogP contribution is 1.97. The van der Waals surface area contributed by atoms with Gasteiger partial charge in [-0.05, 0) is 0 Å². The third kappa shape index (κ3) is 17.9. The Kier molecular flexibility index (Phi) is 11.8. The van der Waals surface area contributed by atoms with Gasteiger partial charge >= 0.3 is 23.9 Å². The van der Waals surface area contributed by atoms with E-state index in [4.69, 9.17) is 9.84 Å². The van der Waals surface area contributed by atoms with E-state index in [-0.39, 0.29) is 19.1 Å². The maximum Gasteiger partial charge on any atom is 0.305 e. The number of hydrogen-bond donors (Lipinski definition) is 1. The van der Waals surface area contributed by atoms with Crippen LogP contribution in [0.2, 0.25) is 0 Å². The fourth-order valence-electron chi connectivity index (χ4n) is 0.771. The maximum absolute atomic E-state index is 10.6. The monoisotopic (exact) mass is 306 g/mol. The SMILES string of the molecule is CC(=O)OCC(COC(C)=O)OC(C)=O.CC(C)C(=O)O. The van der Waals surface area contributed by atoms with Gasteiger partial charge in [0, 0.05) is 20.8 Å². The van der Waals surface area contributed by atoms with E-state index in [1.807, 2.05) is 0 Å². The first kappa shape index (κ1) is 21.2. The van der Waals surface area contributed by atoms with Crippen LogP contribution in [0.3, 0.4) is 0 Å². The fraction of sp³-hybridized carbons (Fsp3) is 0.692. The number of carbonyl (C=O) groups excluding carboxylic acids is 3. The molecule has 0 heterocycles. The second-order valence-electron chi connectivity index (χ2n) is 4.33. The Labute approximate surface area is 123 Å². The Morgan fingerprint density at radius 2 is 1.19 bits per heavy atom. The lowest BCUT2D eigenvalue weighted by molar-refractivity contribution is -0.163. The number of hydrogen-bond acceptors (Lipinski definition) is 7. The van der Waals surface area contributed by atoms with Crippen molar-refractivity contribution in [3.63, 3.8) is 0 Å². The van der Waals surface area contributed by atoms with Crippen molar-refractivity contribution in [3.05, 3.63) is 0 Å². The zero-order valence-electron chi connectivity index (χ0n) is 12.9. The van der Waals surface area contributed by atoms with Crippen LogP contribution in [0.4, 0.5) is 0 Å². The van der Waals surface area contributed by atoms with Crippen LogP contribution in [0.25, 0.3) is 0 Å². The van der Waals surface area contributed by atoms with E-state index in [9.17, 15) is 19.2 Å². The zero-order valence-corrected chi connectivity index (χ0v) is 12.9. The van der Waals surface area contributed by atoms with Gasteiger partial charge in [0.05, 0.1) is 5.92 Å². The lowest BCUT2D eigenvalue weighted by atomic mass is 10.2. The van der Waals surface area contributed by atoms with Crippen molar-refractivity contribution >= 4 is 23.9 Å². The summed E-state index contributed by atoms with van der Waals surface area (Å²) in [5.41, 5.74) is 0. The number of rotatable bonds is 6. The molecule has 0 atom stereocenters. The van der Waals surface area contributed by atoms with Gasteiger partial charge in [-0.1, -0.05) is 13.8 Å². The molecule has 0 radical (unpaired) electrons. The van der Waals surface area contributed by atoms with Crippen molar-refractivity contribution in [2.24, 2.45) is 5.92 Å². The van der Waals surface area contributed by atoms with Gasteiger partial charge in [-0.3, -0.25) is 19.2 Å². The summed E-state index contributed by atoms with van der Waals surface area (Å²) in [6.07, 6.45) is -0.754. The summed E-state index contributed by atoms with van der Waals surface area (Å²) in [4.78, 5) is 41.3. The van der Waals surface area contributed by atoms with Gasteiger partial charge < -0.3 is 19.3 Å². The molecule has 0 saturated carbocycles. The molecule has 8 heteroatoms. The molecule has 0 aromatic heterocycles. The highest BCUT2D eigenvalue weighted by Gasteiger charge is 2.15. The summed E-state index contributed by atoms with van der Waals surface area (Å²) in [7, 11) is 0. The normalized spacial score (nSPS) is 9.48. The predicted octanol–water partition coefficient (Wildman–Crippen LogP) is 0.771. The first-order valence-electron chi connectivity index (χ1n) is 6.23. The first-order chi connectivity index (χ1) is 9.56. The van der Waals surface area contributed by atoms with Crippen LogP contribution >= 0.6 is 0 Å². The molecule has 0 amide bonds. The van der Waals surface area contributed by atoms with E-state index in [1.54, 1.807) is 13.8 Å². The van der Waals surface area contributed by atoms with E-state index in [2.05, 4.69) is 9.47 Å². The standard InChI is InChI=1S/C9H14O6.C4H8O2/c1-6(10)13-4-9(15-8(3)12)5-14-7(2)11;1-3(2)4(5)6/h9H,4-5H2,1-3H3;3H,1-2H3,(H,5,6). The Bertz CT molecular complexity index is 343. The molecule has 21 heavy (non-hydrogen) atoms. The lowest BCUT2D eigenvalue weighted by Gasteiger charge is -2.15. The van der Waals surface area contributed by atoms with Crippen molar-refractivity contribution < 1.29 is 38.5 Å². The molecule has 1 N–H and O–H groups in total. The smallest absolute Gasteiger partial charge is 0.305 e. The molecule has 0 aliphatic heterocycles. The molecule has 0 aromatic rings. The average Bonchev–Trinajstić information content (AvgIpc) is 2.32. The van der Waals surface area contributed by atoms with Crippen molar-refractivity contribution in [1.29, 1.82) is 0 Å². The van der Waals surface area contributed by atoms with Crippen molar-refractivity contribution in [1.82, 2.24) is 0 Å². The summed E-state index contributed by atoms with van der Waals surface area (Å²) in [6, 6.07) is 0. The van der Waals surface area contributed by atoms with Crippen LogP contribution in [0.15, 0.2) is 0 Å². The van der Waals surface area contributed by atoms with Gasteiger partial charge in [-0.25, -0.2) is 0 Å². The third-order valence-electron chi connectivity index (χ3n) is 1.77. The second-order valence-corrected chi connectivity index (χ2v) is 4.33. The fourth-order valence-corrected chi connectivity index (χ4v) is 0.771. The van der Waals surface area contributed by atoms with Crippen LogP contribution in [0.1, 0.15) is 34.6 Å². The molecule has 0 bridgehead atoms. The second kappa shape index (κ2) is 11.7. The average molecular weight is 306 g/mol. The molecule has 0 spiro atoms. The molecular formula is C13H22O8. The number of carbonyl (C=O) groups is 4. The summed E-state index contributed by atoms with van der Waals surface area (Å²) in [5.74, 6) is -2.48. The third-order valence-corrected chi connectivity index (χ3v) is 1.77. The molecule has 0 rings (SSSR count). The number of carboxylic acids is 1. The molecule has 8 nitrogen and oxygen atoms in total. The Morgan fingerprint density at radius 3 is 1.38 bits per heavy atom. The first-order valence-corrected chi connectivity index (χ1v) is 6.23. The van der Waals surface area contributed by atoms with Crippen molar-refractivity contribution in [2.75, 3.05) is 13.2 Å². The molecule has 122 valence electrons. The van der Waals surface area contributed by atoms with Crippen LogP contribution in [-0.2, 0) is 33.4 Å². The van der Waals surface area contributed by atoms with Crippen LogP contribution < -0.4 is 0 Å². The van der Waals surface area contributed by atoms with Gasteiger partial charge in [0.25, 0.3) is 0 Å². The predicted molar refractivity (Wildman–Crippen MR) is 71.3 cm³/mol. The topological polar surface area (TPSA) is 116 Å². The molecule has 0 aliphatic rings. The number of ether oxygens (including phenoxy) is 3. The van der Waals surface area contributed by atoms with Crippen molar-refractivity contribution in [2.45, 2.75) is 40.7 Å². The summed E-state index contributed by atoms with van der Waals surface area (Å²) in [5, 5.41) is 7.99. The van der Waals surface area contributed by atoms with Crippen molar-refractivity contribution in [3.8, 4) is 0 Å². The Morgan fingerprint density at radius 1 is 0.857 bits per heavy atom. The van der Waals surface area contributed by atoms with Crippen LogP contribution in [0.5, 0.6) is 0 Å². The molecule has 0 aliphatic carbocycles. The van der Waals surface area contributed by atoms with E-state index < -0.39 is 30.0 Å². The summed E-state index contributed by atoms with van der Waals surface area (Å²) >= 11 is 0. The van der Waals surface area contributed by atoms with Gasteiger partial charge in [-0.2, -0.15) is 0 Å². The maximum atomic E-state index is 10.6. The molecule has 0 unspecified atom stereocenters. The highest BCUT2D eigenvalue weighted by molar-refractivity contribution is 5.69. The van der Waals surface area contributed by atoms with Gasteiger partial charge in [0.15, 0.2) is 6.10 Å². The van der Waals surface area contributed by atoms with Gasteiger partial charge in [-0.15, -0.1) is 0 Å². The largest absolute Gasteiger partial charge is 0.481 e. The van der Waals surface area contributed by atoms with Crippen LogP contribution in [-0.4, -0.2) is 48.3 Å². The van der Waals surface area contributed by atoms with Crippen LogP contribution in [0, 0.1) is 5.92 Å². The number of carboxylic acid groups (broad SMARTS) is 1. The van der Waals surface area contributed by atoms with E-state index in [0.717, 1.165) is 0 Å². The number of aliphatic carboxylic acids is 1. The lowest BCUT2D eigenvalue weighted by Crippen LogP contribution is -2.29. The van der Waals surface area contributed by atoms with E-state index >= 15 is 0 Å². The molecule has 0 aromatic carbocycles. The minimum atomic E-state index is -0.754. The van der Waals surface area contributed by atoms with Gasteiger partial charge in [0.2, 0.25) is 0 Å². The van der Waals surface area contributed by atoms with E-state index in [1.165, 1.54) is 20.8 Å². The minimum absolute atomic E-state index is 0.123. The van der Waals surface area contributed by atoms with Gasteiger partial charge in [0.1, 0.15) is 13.2 Å². The Hall–Kier alpha value is -2.12. The summed E-state index contributed by atoms with van der Waals surface area (Å²) < 4.78 is 14.0. The molecular weight excluding hydrogens is 284 g/mol. The quantitative estimate of drug-likeness (QED) is 0.565.